The summed E-state index contributed by atoms with van der Waals surface area (Å²) in [6.45, 7) is 1.90. The molecule has 0 radical (unpaired) electrons. The molecule has 3 heterocycles. The van der Waals surface area contributed by atoms with Crippen molar-refractivity contribution >= 4 is 10.0 Å². The molecule has 3 aliphatic rings. The van der Waals surface area contributed by atoms with Crippen molar-refractivity contribution < 1.29 is 13.2 Å². The van der Waals surface area contributed by atoms with Gasteiger partial charge in [0.2, 0.25) is 10.0 Å². The Morgan fingerprint density at radius 2 is 1.76 bits per heavy atom. The van der Waals surface area contributed by atoms with Crippen LogP contribution in [0.2, 0.25) is 0 Å². The molecule has 3 fully saturated rings. The minimum atomic E-state index is -3.48. The lowest BCUT2D eigenvalue weighted by Crippen LogP contribution is -2.39. The van der Waals surface area contributed by atoms with E-state index in [0.29, 0.717) is 22.5 Å². The van der Waals surface area contributed by atoms with Gasteiger partial charge in [-0.1, -0.05) is 12.1 Å². The minimum Gasteiger partial charge on any atom is -0.495 e. The zero-order valence-electron chi connectivity index (χ0n) is 12.0. The summed E-state index contributed by atoms with van der Waals surface area (Å²) in [5, 5.41) is 3.41. The topological polar surface area (TPSA) is 58.6 Å². The average Bonchev–Trinajstić information content (AvgIpc) is 3.18. The SMILES string of the molecule is COc1ccccc1S(=O)(=O)N1[C@@H]2CC[C@H]1[C@H]1CNC[C@H]12. The molecular weight excluding hydrogens is 288 g/mol. The maximum absolute atomic E-state index is 13.1. The van der Waals surface area contributed by atoms with Crippen molar-refractivity contribution in [2.45, 2.75) is 29.8 Å². The van der Waals surface area contributed by atoms with Crippen LogP contribution in [0.4, 0.5) is 0 Å². The summed E-state index contributed by atoms with van der Waals surface area (Å²) < 4.78 is 33.3. The molecule has 0 amide bonds. The van der Waals surface area contributed by atoms with Gasteiger partial charge in [0.25, 0.3) is 0 Å². The average molecular weight is 308 g/mol. The van der Waals surface area contributed by atoms with Crippen molar-refractivity contribution in [3.63, 3.8) is 0 Å². The fourth-order valence-corrected chi connectivity index (χ4v) is 6.63. The highest BCUT2D eigenvalue weighted by Gasteiger charge is 2.58. The van der Waals surface area contributed by atoms with E-state index in [0.717, 1.165) is 25.9 Å². The van der Waals surface area contributed by atoms with E-state index in [-0.39, 0.29) is 12.1 Å². The van der Waals surface area contributed by atoms with Gasteiger partial charge >= 0.3 is 0 Å². The van der Waals surface area contributed by atoms with E-state index < -0.39 is 10.0 Å². The smallest absolute Gasteiger partial charge is 0.247 e. The van der Waals surface area contributed by atoms with Crippen LogP contribution in [-0.4, -0.2) is 45.0 Å². The molecule has 0 spiro atoms. The van der Waals surface area contributed by atoms with Crippen LogP contribution >= 0.6 is 0 Å². The number of para-hydroxylation sites is 1. The summed E-state index contributed by atoms with van der Waals surface area (Å²) in [5.74, 6) is 1.40. The van der Waals surface area contributed by atoms with E-state index >= 15 is 0 Å². The van der Waals surface area contributed by atoms with Crippen LogP contribution in [0.25, 0.3) is 0 Å². The van der Waals surface area contributed by atoms with E-state index in [4.69, 9.17) is 4.74 Å². The number of benzene rings is 1. The molecule has 1 aromatic rings. The van der Waals surface area contributed by atoms with E-state index in [1.54, 1.807) is 28.6 Å². The van der Waals surface area contributed by atoms with Crippen molar-refractivity contribution in [1.29, 1.82) is 0 Å². The van der Waals surface area contributed by atoms with Crippen LogP contribution in [-0.2, 0) is 10.0 Å². The zero-order chi connectivity index (χ0) is 14.6. The Morgan fingerprint density at radius 1 is 1.14 bits per heavy atom. The minimum absolute atomic E-state index is 0.157. The van der Waals surface area contributed by atoms with Crippen LogP contribution in [0.1, 0.15) is 12.8 Å². The van der Waals surface area contributed by atoms with Gasteiger partial charge in [0.15, 0.2) is 0 Å². The molecule has 3 saturated heterocycles. The maximum Gasteiger partial charge on any atom is 0.247 e. The van der Waals surface area contributed by atoms with Gasteiger partial charge in [0.1, 0.15) is 10.6 Å². The molecule has 114 valence electrons. The Bertz CT molecular complexity index is 643. The Balaban J connectivity index is 1.76. The Kier molecular flexibility index (Phi) is 3.03. The monoisotopic (exact) mass is 308 g/mol. The summed E-state index contributed by atoms with van der Waals surface area (Å²) >= 11 is 0. The Labute approximate surface area is 125 Å². The molecule has 4 atom stereocenters. The number of ether oxygens (including phenoxy) is 1. The summed E-state index contributed by atoms with van der Waals surface area (Å²) in [6.07, 6.45) is 1.98. The van der Waals surface area contributed by atoms with Crippen molar-refractivity contribution in [2.75, 3.05) is 20.2 Å². The van der Waals surface area contributed by atoms with Crippen LogP contribution in [0.3, 0.4) is 0 Å². The number of nitrogens with one attached hydrogen (secondary N) is 1. The number of nitrogens with zero attached hydrogens (tertiary/aromatic N) is 1. The molecule has 0 saturated carbocycles. The molecule has 3 aliphatic heterocycles. The summed E-state index contributed by atoms with van der Waals surface area (Å²) in [5.41, 5.74) is 0. The predicted molar refractivity (Wildman–Crippen MR) is 78.7 cm³/mol. The van der Waals surface area contributed by atoms with Crippen LogP contribution in [0.15, 0.2) is 29.2 Å². The molecule has 1 N–H and O–H groups in total. The molecule has 1 aromatic carbocycles. The first-order chi connectivity index (χ1) is 10.1. The van der Waals surface area contributed by atoms with E-state index in [2.05, 4.69) is 5.32 Å². The molecule has 4 rings (SSSR count). The Hall–Kier alpha value is -1.11. The number of hydrogen-bond acceptors (Lipinski definition) is 4. The predicted octanol–water partition coefficient (Wildman–Crippen LogP) is 1.07. The van der Waals surface area contributed by atoms with Crippen LogP contribution in [0.5, 0.6) is 5.75 Å². The highest BCUT2D eigenvalue weighted by atomic mass is 32.2. The largest absolute Gasteiger partial charge is 0.495 e. The number of rotatable bonds is 3. The first-order valence-electron chi connectivity index (χ1n) is 7.52. The second-order valence-electron chi connectivity index (χ2n) is 6.18. The van der Waals surface area contributed by atoms with Crippen molar-refractivity contribution in [3.8, 4) is 5.75 Å². The third-order valence-electron chi connectivity index (χ3n) is 5.33. The third kappa shape index (κ3) is 1.79. The third-order valence-corrected chi connectivity index (χ3v) is 7.32. The van der Waals surface area contributed by atoms with Crippen molar-refractivity contribution in [2.24, 2.45) is 11.8 Å². The first kappa shape index (κ1) is 13.5. The van der Waals surface area contributed by atoms with Gasteiger partial charge in [-0.25, -0.2) is 8.42 Å². The van der Waals surface area contributed by atoms with Gasteiger partial charge in [-0.15, -0.1) is 0 Å². The second-order valence-corrected chi connectivity index (χ2v) is 8.00. The maximum atomic E-state index is 13.1. The van der Waals surface area contributed by atoms with Crippen LogP contribution < -0.4 is 10.1 Å². The van der Waals surface area contributed by atoms with Crippen LogP contribution in [0, 0.1) is 11.8 Å². The lowest BCUT2D eigenvalue weighted by Gasteiger charge is -2.24. The highest BCUT2D eigenvalue weighted by Crippen LogP contribution is 2.50. The molecule has 0 aliphatic carbocycles. The summed E-state index contributed by atoms with van der Waals surface area (Å²) in [4.78, 5) is 0.303. The fraction of sp³-hybridized carbons (Fsp3) is 0.600. The van der Waals surface area contributed by atoms with Gasteiger partial charge in [0.05, 0.1) is 7.11 Å². The normalized spacial score (nSPS) is 35.1. The first-order valence-corrected chi connectivity index (χ1v) is 8.96. The van der Waals surface area contributed by atoms with Gasteiger partial charge in [-0.3, -0.25) is 0 Å². The molecule has 6 heteroatoms. The molecule has 0 unspecified atom stereocenters. The van der Waals surface area contributed by atoms with E-state index in [9.17, 15) is 8.42 Å². The summed E-state index contributed by atoms with van der Waals surface area (Å²) in [6, 6.07) is 7.24. The lowest BCUT2D eigenvalue weighted by molar-refractivity contribution is 0.354. The molecule has 21 heavy (non-hydrogen) atoms. The van der Waals surface area contributed by atoms with E-state index in [1.165, 1.54) is 7.11 Å². The van der Waals surface area contributed by atoms with Crippen molar-refractivity contribution in [1.82, 2.24) is 9.62 Å². The Morgan fingerprint density at radius 3 is 2.38 bits per heavy atom. The molecule has 2 bridgehead atoms. The highest BCUT2D eigenvalue weighted by molar-refractivity contribution is 7.89. The standard InChI is InChI=1S/C15H20N2O3S/c1-20-14-4-2-3-5-15(14)21(18,19)17-12-6-7-13(17)11-9-16-8-10(11)12/h2-5,10-13,16H,6-9H2,1H3/t10-,11+,12-,13+. The number of hydrogen-bond donors (Lipinski definition) is 1. The number of sulfonamides is 1. The lowest BCUT2D eigenvalue weighted by atomic mass is 9.82. The van der Waals surface area contributed by atoms with Gasteiger partial charge in [0, 0.05) is 12.1 Å². The van der Waals surface area contributed by atoms with E-state index in [1.807, 2.05) is 0 Å². The number of fused-ring (bicyclic) bond motifs is 5. The zero-order valence-corrected chi connectivity index (χ0v) is 12.8. The molecular formula is C15H20N2O3S. The summed E-state index contributed by atoms with van der Waals surface area (Å²) in [7, 11) is -1.96. The van der Waals surface area contributed by atoms with Gasteiger partial charge < -0.3 is 10.1 Å². The van der Waals surface area contributed by atoms with Gasteiger partial charge in [-0.05, 0) is 49.9 Å². The quantitative estimate of drug-likeness (QED) is 0.907. The van der Waals surface area contributed by atoms with Crippen molar-refractivity contribution in [3.05, 3.63) is 24.3 Å². The fourth-order valence-electron chi connectivity index (χ4n) is 4.51. The number of methoxy groups -OCH3 is 1. The molecule has 0 aromatic heterocycles. The second kappa shape index (κ2) is 4.69. The van der Waals surface area contributed by atoms with Gasteiger partial charge in [-0.2, -0.15) is 4.31 Å². The molecule has 5 nitrogen and oxygen atoms in total.